The average molecular weight is 228 g/mol. The molecule has 0 atom stereocenters. The number of imidazole rings is 1. The van der Waals surface area contributed by atoms with Crippen LogP contribution in [-0.4, -0.2) is 9.38 Å². The molecule has 0 radical (unpaired) electrons. The first-order chi connectivity index (χ1) is 7.75. The van der Waals surface area contributed by atoms with Crippen LogP contribution in [0.1, 0.15) is 11.3 Å². The van der Waals surface area contributed by atoms with Gasteiger partial charge in [0, 0.05) is 11.9 Å². The fourth-order valence-electron chi connectivity index (χ4n) is 1.89. The lowest BCUT2D eigenvalue weighted by atomic mass is 10.2. The summed E-state index contributed by atoms with van der Waals surface area (Å²) in [6.07, 6.45) is 2.11. The number of nitrogens with zero attached hydrogens (tertiary/aromatic N) is 2. The van der Waals surface area contributed by atoms with Crippen LogP contribution in [0.4, 0.5) is 0 Å². The molecule has 0 spiro atoms. The summed E-state index contributed by atoms with van der Waals surface area (Å²) in [6, 6.07) is 8.32. The van der Waals surface area contributed by atoms with Crippen molar-refractivity contribution in [3.05, 3.63) is 47.1 Å². The molecule has 0 saturated heterocycles. The van der Waals surface area contributed by atoms with Crippen molar-refractivity contribution in [3.63, 3.8) is 0 Å². The number of fused-ring (bicyclic) bond motifs is 1. The van der Waals surface area contributed by atoms with E-state index in [1.807, 2.05) is 12.1 Å². The second-order valence-corrected chi connectivity index (χ2v) is 4.87. The van der Waals surface area contributed by atoms with Gasteiger partial charge >= 0.3 is 0 Å². The van der Waals surface area contributed by atoms with E-state index in [1.54, 1.807) is 11.3 Å². The lowest BCUT2D eigenvalue weighted by molar-refractivity contribution is 1.09. The quantitative estimate of drug-likeness (QED) is 0.621. The lowest BCUT2D eigenvalue weighted by Crippen LogP contribution is -1.86. The van der Waals surface area contributed by atoms with Gasteiger partial charge in [-0.15, -0.1) is 11.3 Å². The fourth-order valence-corrected chi connectivity index (χ4v) is 2.77. The molecule has 3 rings (SSSR count). The number of hydrogen-bond acceptors (Lipinski definition) is 2. The summed E-state index contributed by atoms with van der Waals surface area (Å²) < 4.78 is 2.13. The molecule has 0 fully saturated rings. The molecule has 0 bridgehead atoms. The second kappa shape index (κ2) is 3.46. The Morgan fingerprint density at radius 2 is 2.06 bits per heavy atom. The fraction of sp³-hybridized carbons (Fsp3) is 0.154. The largest absolute Gasteiger partial charge is 0.304 e. The van der Waals surface area contributed by atoms with Crippen molar-refractivity contribution in [2.45, 2.75) is 13.8 Å². The zero-order chi connectivity index (χ0) is 11.1. The highest BCUT2D eigenvalue weighted by Crippen LogP contribution is 2.28. The molecular weight excluding hydrogens is 216 g/mol. The summed E-state index contributed by atoms with van der Waals surface area (Å²) in [5.74, 6) is 0. The highest BCUT2D eigenvalue weighted by atomic mass is 32.1. The highest BCUT2D eigenvalue weighted by molar-refractivity contribution is 7.13. The van der Waals surface area contributed by atoms with E-state index in [2.05, 4.69) is 46.9 Å². The number of rotatable bonds is 1. The number of aryl methyl sites for hydroxylation is 2. The standard InChI is InChI=1S/C13H12N2S/c1-9-6-7-16-13(9)11-8-15-10(2)4-3-5-12(15)14-11/h3-8H,1-2H3. The molecule has 3 aromatic rings. The summed E-state index contributed by atoms with van der Waals surface area (Å²) in [5.41, 5.74) is 4.60. The number of pyridine rings is 1. The topological polar surface area (TPSA) is 17.3 Å². The Morgan fingerprint density at radius 1 is 1.19 bits per heavy atom. The molecule has 0 unspecified atom stereocenters. The molecule has 80 valence electrons. The first-order valence-electron chi connectivity index (χ1n) is 5.25. The average Bonchev–Trinajstić information content (AvgIpc) is 2.84. The molecule has 0 aliphatic heterocycles. The number of thiophene rings is 1. The molecule has 0 N–H and O–H groups in total. The van der Waals surface area contributed by atoms with Crippen LogP contribution in [0.5, 0.6) is 0 Å². The van der Waals surface area contributed by atoms with Crippen LogP contribution >= 0.6 is 11.3 Å². The molecule has 0 amide bonds. The van der Waals surface area contributed by atoms with E-state index in [1.165, 1.54) is 16.1 Å². The molecule has 0 aliphatic rings. The van der Waals surface area contributed by atoms with Crippen LogP contribution in [0.15, 0.2) is 35.8 Å². The van der Waals surface area contributed by atoms with Crippen molar-refractivity contribution in [1.29, 1.82) is 0 Å². The first-order valence-corrected chi connectivity index (χ1v) is 6.13. The third-order valence-corrected chi connectivity index (χ3v) is 3.83. The minimum Gasteiger partial charge on any atom is -0.304 e. The smallest absolute Gasteiger partial charge is 0.137 e. The van der Waals surface area contributed by atoms with Gasteiger partial charge in [0.1, 0.15) is 5.65 Å². The Kier molecular flexibility index (Phi) is 2.07. The maximum absolute atomic E-state index is 4.65. The maximum Gasteiger partial charge on any atom is 0.137 e. The van der Waals surface area contributed by atoms with Crippen molar-refractivity contribution in [2.75, 3.05) is 0 Å². The van der Waals surface area contributed by atoms with E-state index < -0.39 is 0 Å². The highest BCUT2D eigenvalue weighted by Gasteiger charge is 2.08. The monoisotopic (exact) mass is 228 g/mol. The third kappa shape index (κ3) is 1.36. The van der Waals surface area contributed by atoms with Gasteiger partial charge in [-0.25, -0.2) is 4.98 Å². The van der Waals surface area contributed by atoms with Crippen LogP contribution in [-0.2, 0) is 0 Å². The van der Waals surface area contributed by atoms with Crippen molar-refractivity contribution >= 4 is 17.0 Å². The predicted molar refractivity (Wildman–Crippen MR) is 68.0 cm³/mol. The van der Waals surface area contributed by atoms with Crippen molar-refractivity contribution in [1.82, 2.24) is 9.38 Å². The second-order valence-electron chi connectivity index (χ2n) is 3.95. The van der Waals surface area contributed by atoms with Crippen molar-refractivity contribution < 1.29 is 0 Å². The zero-order valence-electron chi connectivity index (χ0n) is 9.27. The van der Waals surface area contributed by atoms with E-state index in [-0.39, 0.29) is 0 Å². The molecule has 0 aliphatic carbocycles. The molecular formula is C13H12N2S. The zero-order valence-corrected chi connectivity index (χ0v) is 10.1. The van der Waals surface area contributed by atoms with Crippen LogP contribution in [0.25, 0.3) is 16.2 Å². The van der Waals surface area contributed by atoms with Crippen LogP contribution < -0.4 is 0 Å². The van der Waals surface area contributed by atoms with Gasteiger partial charge in [0.2, 0.25) is 0 Å². The van der Waals surface area contributed by atoms with Gasteiger partial charge in [-0.3, -0.25) is 0 Å². The minimum absolute atomic E-state index is 1.02. The SMILES string of the molecule is Cc1ccsc1-c1cn2c(C)cccc2n1. The molecule has 16 heavy (non-hydrogen) atoms. The van der Waals surface area contributed by atoms with Gasteiger partial charge in [-0.2, -0.15) is 0 Å². The summed E-state index contributed by atoms with van der Waals surface area (Å²) in [7, 11) is 0. The van der Waals surface area contributed by atoms with E-state index in [9.17, 15) is 0 Å². The Balaban J connectivity index is 2.27. The summed E-state index contributed by atoms with van der Waals surface area (Å²) in [6.45, 7) is 4.22. The minimum atomic E-state index is 1.02. The third-order valence-electron chi connectivity index (χ3n) is 2.79. The summed E-state index contributed by atoms with van der Waals surface area (Å²) in [5, 5.41) is 2.11. The van der Waals surface area contributed by atoms with E-state index in [4.69, 9.17) is 0 Å². The normalized spacial score (nSPS) is 11.1. The number of hydrogen-bond donors (Lipinski definition) is 0. The summed E-state index contributed by atoms with van der Waals surface area (Å²) >= 11 is 1.75. The van der Waals surface area contributed by atoms with Crippen molar-refractivity contribution in [3.8, 4) is 10.6 Å². The van der Waals surface area contributed by atoms with Crippen LogP contribution in [0.3, 0.4) is 0 Å². The lowest BCUT2D eigenvalue weighted by Gasteiger charge is -1.95. The van der Waals surface area contributed by atoms with Gasteiger partial charge in [0.25, 0.3) is 0 Å². The Morgan fingerprint density at radius 3 is 2.75 bits per heavy atom. The van der Waals surface area contributed by atoms with Gasteiger partial charge in [-0.1, -0.05) is 6.07 Å². The molecule has 0 saturated carbocycles. The Hall–Kier alpha value is -1.61. The molecule has 3 heteroatoms. The predicted octanol–water partition coefficient (Wildman–Crippen LogP) is 3.68. The molecule has 0 aromatic carbocycles. The first kappa shape index (κ1) is 9.60. The Labute approximate surface area is 98.2 Å². The molecule has 2 nitrogen and oxygen atoms in total. The van der Waals surface area contributed by atoms with E-state index in [0.717, 1.165) is 11.3 Å². The molecule has 3 aromatic heterocycles. The van der Waals surface area contributed by atoms with Gasteiger partial charge < -0.3 is 4.40 Å². The Bertz CT molecular complexity index is 649. The van der Waals surface area contributed by atoms with Gasteiger partial charge in [0.05, 0.1) is 10.6 Å². The van der Waals surface area contributed by atoms with Gasteiger partial charge in [0.15, 0.2) is 0 Å². The molecule has 3 heterocycles. The van der Waals surface area contributed by atoms with Crippen LogP contribution in [0.2, 0.25) is 0 Å². The maximum atomic E-state index is 4.65. The van der Waals surface area contributed by atoms with Crippen molar-refractivity contribution in [2.24, 2.45) is 0 Å². The summed E-state index contributed by atoms with van der Waals surface area (Å²) in [4.78, 5) is 5.92. The van der Waals surface area contributed by atoms with Crippen LogP contribution in [0, 0.1) is 13.8 Å². The van der Waals surface area contributed by atoms with Gasteiger partial charge in [-0.05, 0) is 43.0 Å². The van der Waals surface area contributed by atoms with E-state index >= 15 is 0 Å². The number of aromatic nitrogens is 2. The van der Waals surface area contributed by atoms with E-state index in [0.29, 0.717) is 0 Å².